The summed E-state index contributed by atoms with van der Waals surface area (Å²) in [5.41, 5.74) is 11.5. The second kappa shape index (κ2) is 18.3. The number of fused-ring (bicyclic) bond motifs is 6. The second-order valence-electron chi connectivity index (χ2n) is 18.5. The second-order valence-corrected chi connectivity index (χ2v) is 18.5. The van der Waals surface area contributed by atoms with Gasteiger partial charge in [-0.3, -0.25) is 0 Å². The Morgan fingerprint density at radius 1 is 0.395 bits per heavy atom. The predicted octanol–water partition coefficient (Wildman–Crippen LogP) is 17.5. The summed E-state index contributed by atoms with van der Waals surface area (Å²) in [5, 5.41) is 13.2. The number of alkyl halides is 3. The van der Waals surface area contributed by atoms with E-state index in [-0.39, 0.29) is 0 Å². The van der Waals surface area contributed by atoms with Crippen LogP contribution in [0.15, 0.2) is 231 Å². The summed E-state index contributed by atoms with van der Waals surface area (Å²) in [7, 11) is 0. The maximum atomic E-state index is 15.4. The normalized spacial score (nSPS) is 11.6. The highest BCUT2D eigenvalue weighted by Crippen LogP contribution is 2.45. The lowest BCUT2D eigenvalue weighted by Crippen LogP contribution is -2.08. The molecular formula is C66H38F3N7. The van der Waals surface area contributed by atoms with Gasteiger partial charge in [-0.25, -0.2) is 19.8 Å². The smallest absolute Gasteiger partial charge is 0.309 e. The molecule has 10 aromatic carbocycles. The monoisotopic (exact) mass is 985 g/mol. The number of hydrogen-bond donors (Lipinski definition) is 0. The van der Waals surface area contributed by atoms with E-state index in [1.165, 1.54) is 6.07 Å². The van der Waals surface area contributed by atoms with E-state index >= 15 is 13.2 Å². The number of benzene rings is 10. The van der Waals surface area contributed by atoms with Crippen molar-refractivity contribution >= 4 is 49.3 Å². The van der Waals surface area contributed by atoms with E-state index in [1.807, 2.05) is 164 Å². The average molecular weight is 986 g/mol. The molecule has 13 aromatic rings. The van der Waals surface area contributed by atoms with Crippen molar-refractivity contribution in [2.24, 2.45) is 0 Å². The summed E-state index contributed by atoms with van der Waals surface area (Å²) in [6.07, 6.45) is -4.69. The Morgan fingerprint density at radius 2 is 0.816 bits per heavy atom. The zero-order valence-corrected chi connectivity index (χ0v) is 40.2. The number of aromatic nitrogens is 5. The zero-order valence-electron chi connectivity index (χ0n) is 40.2. The van der Waals surface area contributed by atoms with Crippen molar-refractivity contribution in [1.29, 1.82) is 5.26 Å². The number of rotatable bonds is 8. The molecule has 3 heterocycles. The Balaban J connectivity index is 1.11. The van der Waals surface area contributed by atoms with Gasteiger partial charge in [-0.2, -0.15) is 18.4 Å². The fourth-order valence-electron chi connectivity index (χ4n) is 10.4. The molecule has 3 aromatic heterocycles. The van der Waals surface area contributed by atoms with Gasteiger partial charge in [0.2, 0.25) is 0 Å². The number of nitriles is 1. The summed E-state index contributed by atoms with van der Waals surface area (Å²) in [6, 6.07) is 74.6. The molecule has 76 heavy (non-hydrogen) atoms. The first-order valence-electron chi connectivity index (χ1n) is 24.5. The van der Waals surface area contributed by atoms with E-state index in [9.17, 15) is 5.26 Å². The minimum Gasteiger partial charge on any atom is -0.309 e. The van der Waals surface area contributed by atoms with Gasteiger partial charge in [0.1, 0.15) is 0 Å². The van der Waals surface area contributed by atoms with E-state index in [0.29, 0.717) is 56.8 Å². The molecule has 0 saturated carbocycles. The maximum Gasteiger partial charge on any atom is 0.416 e. The lowest BCUT2D eigenvalue weighted by atomic mass is 9.96. The summed E-state index contributed by atoms with van der Waals surface area (Å²) in [4.78, 5) is 18.7. The van der Waals surface area contributed by atoms with E-state index in [2.05, 4.69) is 44.3 Å². The fourth-order valence-corrected chi connectivity index (χ4v) is 10.4. The van der Waals surface area contributed by atoms with Crippen molar-refractivity contribution in [2.75, 3.05) is 0 Å². The van der Waals surface area contributed by atoms with Crippen LogP contribution in [0.5, 0.6) is 0 Å². The van der Waals surface area contributed by atoms with Crippen LogP contribution in [0.1, 0.15) is 11.1 Å². The first kappa shape index (κ1) is 45.4. The van der Waals surface area contributed by atoms with Crippen LogP contribution in [0.4, 0.5) is 18.9 Å². The van der Waals surface area contributed by atoms with Gasteiger partial charge in [0, 0.05) is 49.4 Å². The molecule has 0 fully saturated rings. The van der Waals surface area contributed by atoms with Crippen LogP contribution >= 0.6 is 0 Å². The molecule has 358 valence electrons. The summed E-state index contributed by atoms with van der Waals surface area (Å²) >= 11 is 0. The average Bonchev–Trinajstić information content (AvgIpc) is 4.07. The molecule has 0 saturated heterocycles. The van der Waals surface area contributed by atoms with E-state index in [1.54, 1.807) is 30.3 Å². The topological polar surface area (TPSA) is 76.7 Å². The molecule has 7 nitrogen and oxygen atoms in total. The fraction of sp³-hybridized carbons (Fsp3) is 0.0152. The van der Waals surface area contributed by atoms with E-state index in [0.717, 1.165) is 83.1 Å². The van der Waals surface area contributed by atoms with Crippen LogP contribution in [0.2, 0.25) is 0 Å². The van der Waals surface area contributed by atoms with Crippen molar-refractivity contribution in [1.82, 2.24) is 24.1 Å². The third-order valence-corrected chi connectivity index (χ3v) is 14.1. The number of para-hydroxylation sites is 2. The Bertz CT molecular complexity index is 4450. The molecule has 0 unspecified atom stereocenters. The first-order chi connectivity index (χ1) is 37.2. The Morgan fingerprint density at radius 3 is 1.32 bits per heavy atom. The van der Waals surface area contributed by atoms with Crippen molar-refractivity contribution in [3.8, 4) is 85.0 Å². The SMILES string of the molecule is [C-]#[N+]c1ccc(-c2ccc3c(c2)c2ccccc2n3-c2ccc(-c3nc(-c4ccccc4)nc(-c4ccccc4)n3)cc2-c2cc(C(F)(F)F)ccc2-n2c3ccccc3c3cc(-c4ccc(C#N)cc4)ccc32)cc1. The van der Waals surface area contributed by atoms with Crippen molar-refractivity contribution in [2.45, 2.75) is 6.18 Å². The quantitative estimate of drug-likeness (QED) is 0.142. The third-order valence-electron chi connectivity index (χ3n) is 14.1. The molecular weight excluding hydrogens is 948 g/mol. The molecule has 0 amide bonds. The Labute approximate surface area is 434 Å². The lowest BCUT2D eigenvalue weighted by molar-refractivity contribution is -0.137. The zero-order chi connectivity index (χ0) is 51.5. The molecule has 0 spiro atoms. The Hall–Kier alpha value is -10.4. The maximum absolute atomic E-state index is 15.4. The van der Waals surface area contributed by atoms with Crippen LogP contribution in [-0.4, -0.2) is 24.1 Å². The molecule has 0 N–H and O–H groups in total. The van der Waals surface area contributed by atoms with Gasteiger partial charge in [-0.1, -0.05) is 146 Å². The molecule has 0 bridgehead atoms. The molecule has 0 radical (unpaired) electrons. The lowest BCUT2D eigenvalue weighted by Gasteiger charge is -2.21. The summed E-state index contributed by atoms with van der Waals surface area (Å²) < 4.78 is 50.4. The minimum absolute atomic E-state index is 0.327. The van der Waals surface area contributed by atoms with Crippen molar-refractivity contribution in [3.63, 3.8) is 0 Å². The van der Waals surface area contributed by atoms with Crippen LogP contribution in [0, 0.1) is 17.9 Å². The molecule has 0 aliphatic rings. The molecule has 13 rings (SSSR count). The van der Waals surface area contributed by atoms with Crippen molar-refractivity contribution < 1.29 is 13.2 Å². The van der Waals surface area contributed by atoms with E-state index in [4.69, 9.17) is 21.5 Å². The first-order valence-corrected chi connectivity index (χ1v) is 24.5. The van der Waals surface area contributed by atoms with Crippen LogP contribution < -0.4 is 0 Å². The van der Waals surface area contributed by atoms with Gasteiger partial charge in [0.15, 0.2) is 23.2 Å². The minimum atomic E-state index is -4.69. The van der Waals surface area contributed by atoms with E-state index < -0.39 is 11.7 Å². The molecule has 0 aliphatic carbocycles. The third kappa shape index (κ3) is 7.90. The summed E-state index contributed by atoms with van der Waals surface area (Å²) in [5.74, 6) is 1.24. The Kier molecular flexibility index (Phi) is 10.9. The summed E-state index contributed by atoms with van der Waals surface area (Å²) in [6.45, 7) is 7.50. The van der Waals surface area contributed by atoms with Gasteiger partial charge in [0.25, 0.3) is 0 Å². The predicted molar refractivity (Wildman–Crippen MR) is 297 cm³/mol. The largest absolute Gasteiger partial charge is 0.416 e. The van der Waals surface area contributed by atoms with Gasteiger partial charge in [-0.05, 0) is 107 Å². The standard InChI is InChI=1S/C66H38F3N7/c1-71-50-30-24-43(25-31-50)47-27-33-59-54(37-47)51-16-8-10-18-57(51)75(59)61-34-28-48(65-73-63(44-12-4-2-5-13-44)72-64(74-65)45-14-6-3-7-15-45)38-55(61)56-39-49(66(67,68)69)29-35-62(56)76-58-19-11-9-17-52(58)53-36-46(26-32-60(53)76)42-22-20-41(40-70)21-23-42/h2-39H. The van der Waals surface area contributed by atoms with Gasteiger partial charge >= 0.3 is 6.18 Å². The van der Waals surface area contributed by atoms with Gasteiger partial charge < -0.3 is 9.13 Å². The van der Waals surface area contributed by atoms with Crippen LogP contribution in [-0.2, 0) is 6.18 Å². The molecule has 0 aliphatic heterocycles. The number of halogens is 3. The highest BCUT2D eigenvalue weighted by molar-refractivity contribution is 6.13. The molecule has 10 heteroatoms. The number of nitrogens with zero attached hydrogens (tertiary/aromatic N) is 7. The van der Waals surface area contributed by atoms with Gasteiger partial charge in [-0.15, -0.1) is 0 Å². The number of hydrogen-bond acceptors (Lipinski definition) is 4. The van der Waals surface area contributed by atoms with Crippen LogP contribution in [0.3, 0.4) is 0 Å². The van der Waals surface area contributed by atoms with Gasteiger partial charge in [0.05, 0.1) is 57.2 Å². The van der Waals surface area contributed by atoms with Crippen LogP contribution in [0.25, 0.3) is 127 Å². The highest BCUT2D eigenvalue weighted by atomic mass is 19.4. The molecule has 0 atom stereocenters. The highest BCUT2D eigenvalue weighted by Gasteiger charge is 2.33. The van der Waals surface area contributed by atoms with Crippen molar-refractivity contribution in [3.05, 3.63) is 253 Å².